The lowest BCUT2D eigenvalue weighted by atomic mass is 10.2. The molecule has 0 aliphatic carbocycles. The molecule has 9 nitrogen and oxygen atoms in total. The molecule has 1 N–H and O–H groups in total. The Morgan fingerprint density at radius 1 is 1.00 bits per heavy atom. The average molecular weight is 491 g/mol. The second kappa shape index (κ2) is 9.46. The summed E-state index contributed by atoms with van der Waals surface area (Å²) in [6.45, 7) is 0.773. The van der Waals surface area contributed by atoms with E-state index in [-0.39, 0.29) is 23.4 Å². The first-order valence-corrected chi connectivity index (χ1v) is 13.4. The van der Waals surface area contributed by atoms with Gasteiger partial charge in [-0.1, -0.05) is 36.4 Å². The van der Waals surface area contributed by atoms with Gasteiger partial charge in [0.15, 0.2) is 0 Å². The molecule has 3 aromatic rings. The van der Waals surface area contributed by atoms with E-state index < -0.39 is 41.5 Å². The quantitative estimate of drug-likeness (QED) is 0.508. The van der Waals surface area contributed by atoms with Crippen LogP contribution in [0.3, 0.4) is 0 Å². The molecule has 0 bridgehead atoms. The third-order valence-electron chi connectivity index (χ3n) is 5.05. The van der Waals surface area contributed by atoms with E-state index >= 15 is 0 Å². The maximum absolute atomic E-state index is 13.2. The Bertz CT molecular complexity index is 1330. The number of carbonyl (C=O) groups excluding carboxylic acids is 1. The molecule has 1 amide bonds. The molecule has 2 heterocycles. The maximum atomic E-state index is 13.2. The number of nitrogens with one attached hydrogen (secondary N) is 1. The number of amides is 1. The number of sulfone groups is 2. The van der Waals surface area contributed by atoms with Gasteiger partial charge < -0.3 is 14.5 Å². The zero-order valence-corrected chi connectivity index (χ0v) is 19.1. The predicted molar refractivity (Wildman–Crippen MR) is 118 cm³/mol. The third-order valence-corrected chi connectivity index (χ3v) is 8.34. The smallest absolute Gasteiger partial charge is 0.258 e. The molecule has 1 aliphatic heterocycles. The highest BCUT2D eigenvalue weighted by atomic mass is 32.2. The summed E-state index contributed by atoms with van der Waals surface area (Å²) in [6, 6.07) is 15.6. The Kier molecular flexibility index (Phi) is 6.63. The molecule has 0 saturated carbocycles. The van der Waals surface area contributed by atoms with E-state index in [9.17, 15) is 21.6 Å². The summed E-state index contributed by atoms with van der Waals surface area (Å²) in [5.74, 6) is -1.95. The van der Waals surface area contributed by atoms with Gasteiger partial charge in [0.05, 0.1) is 11.0 Å². The summed E-state index contributed by atoms with van der Waals surface area (Å²) in [7, 11) is -8.81. The first-order valence-electron chi connectivity index (χ1n) is 10.2. The van der Waals surface area contributed by atoms with Crippen LogP contribution in [0.4, 0.5) is 0 Å². The van der Waals surface area contributed by atoms with Gasteiger partial charge in [-0.2, -0.15) is 4.98 Å². The van der Waals surface area contributed by atoms with Crippen LogP contribution in [0.25, 0.3) is 11.5 Å². The topological polar surface area (TPSA) is 133 Å². The van der Waals surface area contributed by atoms with E-state index in [1.165, 1.54) is 24.3 Å². The SMILES string of the molecule is O=C(CS(=O)(=O)c1oc(-c2ccccc2)nc1S(=O)(=O)c1ccccc1)NC[C@@H]1CCCO1. The number of nitrogens with zero attached hydrogens (tertiary/aromatic N) is 1. The van der Waals surface area contributed by atoms with Gasteiger partial charge in [0.25, 0.3) is 5.09 Å². The fourth-order valence-electron chi connectivity index (χ4n) is 3.40. The number of ether oxygens (including phenoxy) is 1. The van der Waals surface area contributed by atoms with Gasteiger partial charge in [-0.3, -0.25) is 4.79 Å². The van der Waals surface area contributed by atoms with Crippen LogP contribution in [0.5, 0.6) is 0 Å². The van der Waals surface area contributed by atoms with Gasteiger partial charge in [0.1, 0.15) is 5.75 Å². The van der Waals surface area contributed by atoms with Crippen molar-refractivity contribution in [3.8, 4) is 11.5 Å². The minimum absolute atomic E-state index is 0.141. The molecule has 1 saturated heterocycles. The summed E-state index contributed by atoms with van der Waals surface area (Å²) in [5.41, 5.74) is 0.395. The number of hydrogen-bond acceptors (Lipinski definition) is 8. The third kappa shape index (κ3) is 5.15. The van der Waals surface area contributed by atoms with E-state index in [0.29, 0.717) is 12.2 Å². The minimum atomic E-state index is -4.48. The lowest BCUT2D eigenvalue weighted by Crippen LogP contribution is -2.35. The first-order chi connectivity index (χ1) is 15.8. The van der Waals surface area contributed by atoms with Crippen molar-refractivity contribution in [2.45, 2.75) is 34.0 Å². The zero-order valence-electron chi connectivity index (χ0n) is 17.5. The Hall–Kier alpha value is -3.02. The van der Waals surface area contributed by atoms with Gasteiger partial charge >= 0.3 is 0 Å². The second-order valence-corrected chi connectivity index (χ2v) is 11.2. The Labute approximate surface area is 191 Å². The summed E-state index contributed by atoms with van der Waals surface area (Å²) in [5, 5.41) is 0.910. The monoisotopic (exact) mass is 490 g/mol. The van der Waals surface area contributed by atoms with Crippen LogP contribution < -0.4 is 5.32 Å². The van der Waals surface area contributed by atoms with Crippen LogP contribution in [0, 0.1) is 0 Å². The molecule has 0 spiro atoms. The van der Waals surface area contributed by atoms with E-state index in [0.717, 1.165) is 12.8 Å². The highest BCUT2D eigenvalue weighted by Gasteiger charge is 2.36. The molecule has 0 radical (unpaired) electrons. The molecule has 1 atom stereocenters. The van der Waals surface area contributed by atoms with Crippen LogP contribution >= 0.6 is 0 Å². The van der Waals surface area contributed by atoms with Crippen molar-refractivity contribution in [1.82, 2.24) is 10.3 Å². The number of oxazole rings is 1. The molecule has 174 valence electrons. The zero-order chi connectivity index (χ0) is 23.5. The van der Waals surface area contributed by atoms with Crippen molar-refractivity contribution in [2.24, 2.45) is 0 Å². The van der Waals surface area contributed by atoms with Crippen LogP contribution in [-0.4, -0.2) is 52.7 Å². The van der Waals surface area contributed by atoms with Crippen molar-refractivity contribution in [2.75, 3.05) is 18.9 Å². The maximum Gasteiger partial charge on any atom is 0.258 e. The summed E-state index contributed by atoms with van der Waals surface area (Å²) in [4.78, 5) is 16.2. The minimum Gasteiger partial charge on any atom is -0.423 e. The fraction of sp³-hybridized carbons (Fsp3) is 0.273. The molecular formula is C22H22N2O7S2. The number of hydrogen-bond donors (Lipinski definition) is 1. The highest BCUT2D eigenvalue weighted by molar-refractivity contribution is 7.94. The van der Waals surface area contributed by atoms with Gasteiger partial charge in [-0.05, 0) is 37.1 Å². The Morgan fingerprint density at radius 2 is 1.67 bits per heavy atom. The van der Waals surface area contributed by atoms with Crippen molar-refractivity contribution >= 4 is 25.6 Å². The van der Waals surface area contributed by atoms with E-state index in [4.69, 9.17) is 9.15 Å². The molecule has 1 aliphatic rings. The molecule has 1 aromatic heterocycles. The number of benzene rings is 2. The lowest BCUT2D eigenvalue weighted by molar-refractivity contribution is -0.119. The van der Waals surface area contributed by atoms with E-state index in [1.807, 2.05) is 0 Å². The van der Waals surface area contributed by atoms with Crippen LogP contribution in [-0.2, 0) is 29.2 Å². The molecule has 1 fully saturated rings. The molecule has 33 heavy (non-hydrogen) atoms. The highest BCUT2D eigenvalue weighted by Crippen LogP contribution is 2.32. The van der Waals surface area contributed by atoms with E-state index in [2.05, 4.69) is 10.3 Å². The van der Waals surface area contributed by atoms with Crippen LogP contribution in [0.1, 0.15) is 12.8 Å². The molecule has 4 rings (SSSR count). The number of aromatic nitrogens is 1. The average Bonchev–Trinajstić information content (AvgIpc) is 3.50. The second-order valence-electron chi connectivity index (χ2n) is 7.49. The number of rotatable bonds is 8. The summed E-state index contributed by atoms with van der Waals surface area (Å²) in [6.07, 6.45) is 1.48. The summed E-state index contributed by atoms with van der Waals surface area (Å²) >= 11 is 0. The predicted octanol–water partition coefficient (Wildman–Crippen LogP) is 2.24. The van der Waals surface area contributed by atoms with Gasteiger partial charge in [-0.15, -0.1) is 0 Å². The molecule has 11 heteroatoms. The lowest BCUT2D eigenvalue weighted by Gasteiger charge is -2.10. The molecular weight excluding hydrogens is 468 g/mol. The standard InChI is InChI=1S/C22H22N2O7S2/c25-19(23-14-17-10-7-13-30-17)15-32(26,27)22-21(33(28,29)18-11-5-2-6-12-18)24-20(31-22)16-8-3-1-4-9-16/h1-6,8-9,11-12,17H,7,10,13-15H2,(H,23,25)/t17-/m0/s1. The van der Waals surface area contributed by atoms with Gasteiger partial charge in [0.2, 0.25) is 36.5 Å². The van der Waals surface area contributed by atoms with Gasteiger partial charge in [-0.25, -0.2) is 16.8 Å². The molecule has 0 unspecified atom stereocenters. The fourth-order valence-corrected chi connectivity index (χ4v) is 6.40. The van der Waals surface area contributed by atoms with Crippen molar-refractivity contribution in [3.63, 3.8) is 0 Å². The number of carbonyl (C=O) groups is 1. The van der Waals surface area contributed by atoms with Crippen molar-refractivity contribution in [1.29, 1.82) is 0 Å². The van der Waals surface area contributed by atoms with Gasteiger partial charge in [0, 0.05) is 18.7 Å². The first kappa shape index (κ1) is 23.1. The largest absolute Gasteiger partial charge is 0.423 e. The molecule has 2 aromatic carbocycles. The normalized spacial score (nSPS) is 16.5. The van der Waals surface area contributed by atoms with E-state index in [1.54, 1.807) is 36.4 Å². The Morgan fingerprint density at radius 3 is 2.30 bits per heavy atom. The van der Waals surface area contributed by atoms with Crippen LogP contribution in [0.15, 0.2) is 80.1 Å². The Balaban J connectivity index is 1.69. The van der Waals surface area contributed by atoms with Crippen LogP contribution in [0.2, 0.25) is 0 Å². The summed E-state index contributed by atoms with van der Waals surface area (Å²) < 4.78 is 63.5. The van der Waals surface area contributed by atoms with Crippen molar-refractivity contribution < 1.29 is 30.8 Å². The van der Waals surface area contributed by atoms with Crippen molar-refractivity contribution in [3.05, 3.63) is 60.7 Å².